The van der Waals surface area contributed by atoms with Gasteiger partial charge in [-0.25, -0.2) is 0 Å². The molecule has 0 radical (unpaired) electrons. The third-order valence-electron chi connectivity index (χ3n) is 3.27. The minimum atomic E-state index is 0.566. The van der Waals surface area contributed by atoms with Gasteiger partial charge in [0.25, 0.3) is 0 Å². The van der Waals surface area contributed by atoms with Gasteiger partial charge in [0.05, 0.1) is 0 Å². The molecule has 17 heavy (non-hydrogen) atoms. The molecule has 2 aromatic rings. The second-order valence-corrected chi connectivity index (χ2v) is 4.75. The first-order valence-corrected chi connectivity index (χ1v) is 6.41. The fourth-order valence-corrected chi connectivity index (χ4v) is 2.34. The lowest BCUT2D eigenvalue weighted by Crippen LogP contribution is -1.94. The minimum absolute atomic E-state index is 0.566. The van der Waals surface area contributed by atoms with Gasteiger partial charge in [0.1, 0.15) is 0 Å². The molecule has 0 aliphatic rings. The van der Waals surface area contributed by atoms with E-state index in [0.29, 0.717) is 5.92 Å². The van der Waals surface area contributed by atoms with Crippen LogP contribution in [0, 0.1) is 0 Å². The molecular formula is C17H20. The van der Waals surface area contributed by atoms with Crippen LogP contribution in [0.15, 0.2) is 48.5 Å². The second kappa shape index (κ2) is 5.18. The summed E-state index contributed by atoms with van der Waals surface area (Å²) in [6, 6.07) is 17.5. The fourth-order valence-electron chi connectivity index (χ4n) is 2.34. The summed E-state index contributed by atoms with van der Waals surface area (Å²) in [5.41, 5.74) is 5.65. The van der Waals surface area contributed by atoms with Crippen LogP contribution in [0.2, 0.25) is 0 Å². The van der Waals surface area contributed by atoms with Crippen molar-refractivity contribution in [3.05, 3.63) is 59.7 Å². The average molecular weight is 224 g/mol. The number of aryl methyl sites for hydroxylation is 1. The Bertz CT molecular complexity index is 495. The van der Waals surface area contributed by atoms with Crippen molar-refractivity contribution in [2.45, 2.75) is 33.1 Å². The zero-order chi connectivity index (χ0) is 12.3. The van der Waals surface area contributed by atoms with Crippen molar-refractivity contribution in [1.29, 1.82) is 0 Å². The van der Waals surface area contributed by atoms with Crippen molar-refractivity contribution in [3.63, 3.8) is 0 Å². The van der Waals surface area contributed by atoms with Crippen LogP contribution in [0.3, 0.4) is 0 Å². The van der Waals surface area contributed by atoms with Crippen molar-refractivity contribution in [3.8, 4) is 11.1 Å². The molecule has 0 aliphatic heterocycles. The van der Waals surface area contributed by atoms with E-state index in [-0.39, 0.29) is 0 Å². The Morgan fingerprint density at radius 2 is 1.41 bits per heavy atom. The zero-order valence-corrected chi connectivity index (χ0v) is 10.9. The first-order valence-electron chi connectivity index (χ1n) is 6.41. The molecule has 0 aromatic heterocycles. The Morgan fingerprint density at radius 3 is 2.06 bits per heavy atom. The van der Waals surface area contributed by atoms with Crippen molar-refractivity contribution in [2.75, 3.05) is 0 Å². The monoisotopic (exact) mass is 224 g/mol. The van der Waals surface area contributed by atoms with Gasteiger partial charge >= 0.3 is 0 Å². The molecule has 0 heteroatoms. The van der Waals surface area contributed by atoms with E-state index in [9.17, 15) is 0 Å². The van der Waals surface area contributed by atoms with Crippen LogP contribution in [0.1, 0.15) is 37.8 Å². The van der Waals surface area contributed by atoms with Gasteiger partial charge in [-0.05, 0) is 34.6 Å². The van der Waals surface area contributed by atoms with Gasteiger partial charge in [0.2, 0.25) is 0 Å². The smallest absolute Gasteiger partial charge is 0.0147 e. The molecule has 0 saturated heterocycles. The normalized spacial score (nSPS) is 10.8. The molecule has 2 aromatic carbocycles. The SMILES string of the molecule is CCc1ccccc1-c1ccccc1C(C)C. The lowest BCUT2D eigenvalue weighted by Gasteiger charge is -2.15. The summed E-state index contributed by atoms with van der Waals surface area (Å²) in [5, 5.41) is 0. The van der Waals surface area contributed by atoms with Crippen molar-refractivity contribution < 1.29 is 0 Å². The summed E-state index contributed by atoms with van der Waals surface area (Å²) in [6.07, 6.45) is 1.09. The Labute approximate surface area is 104 Å². The number of benzene rings is 2. The first kappa shape index (κ1) is 11.9. The maximum Gasteiger partial charge on any atom is -0.0147 e. The predicted octanol–water partition coefficient (Wildman–Crippen LogP) is 5.04. The maximum absolute atomic E-state index is 2.26. The molecule has 0 aliphatic carbocycles. The minimum Gasteiger partial charge on any atom is -0.0620 e. The summed E-state index contributed by atoms with van der Waals surface area (Å²) in [5.74, 6) is 0.566. The summed E-state index contributed by atoms with van der Waals surface area (Å²) >= 11 is 0. The summed E-state index contributed by atoms with van der Waals surface area (Å²) in [7, 11) is 0. The Morgan fingerprint density at radius 1 is 0.824 bits per heavy atom. The van der Waals surface area contributed by atoms with E-state index in [1.54, 1.807) is 0 Å². The second-order valence-electron chi connectivity index (χ2n) is 4.75. The number of hydrogen-bond acceptors (Lipinski definition) is 0. The fraction of sp³-hybridized carbons (Fsp3) is 0.294. The highest BCUT2D eigenvalue weighted by Crippen LogP contribution is 2.31. The largest absolute Gasteiger partial charge is 0.0620 e. The molecule has 0 fully saturated rings. The van der Waals surface area contributed by atoms with E-state index in [4.69, 9.17) is 0 Å². The number of rotatable bonds is 3. The lowest BCUT2D eigenvalue weighted by molar-refractivity contribution is 0.868. The van der Waals surface area contributed by atoms with Gasteiger partial charge in [-0.15, -0.1) is 0 Å². The van der Waals surface area contributed by atoms with Crippen LogP contribution in [0.4, 0.5) is 0 Å². The molecule has 0 heterocycles. The topological polar surface area (TPSA) is 0 Å². The highest BCUT2D eigenvalue weighted by Gasteiger charge is 2.09. The highest BCUT2D eigenvalue weighted by atomic mass is 14.1. The number of hydrogen-bond donors (Lipinski definition) is 0. The lowest BCUT2D eigenvalue weighted by atomic mass is 9.90. The zero-order valence-electron chi connectivity index (χ0n) is 10.9. The van der Waals surface area contributed by atoms with Crippen molar-refractivity contribution in [2.24, 2.45) is 0 Å². The molecule has 0 saturated carbocycles. The highest BCUT2D eigenvalue weighted by molar-refractivity contribution is 5.71. The Hall–Kier alpha value is -1.56. The van der Waals surface area contributed by atoms with E-state index in [0.717, 1.165) is 6.42 Å². The Kier molecular flexibility index (Phi) is 3.63. The van der Waals surface area contributed by atoms with Crippen LogP contribution in [0.25, 0.3) is 11.1 Å². The van der Waals surface area contributed by atoms with Gasteiger partial charge in [0.15, 0.2) is 0 Å². The van der Waals surface area contributed by atoms with Crippen LogP contribution in [0.5, 0.6) is 0 Å². The standard InChI is InChI=1S/C17H20/c1-4-14-9-5-6-11-16(14)17-12-8-7-10-15(17)13(2)3/h5-13H,4H2,1-3H3. The van der Waals surface area contributed by atoms with Crippen LogP contribution >= 0.6 is 0 Å². The van der Waals surface area contributed by atoms with Gasteiger partial charge in [-0.2, -0.15) is 0 Å². The Balaban J connectivity index is 2.60. The van der Waals surface area contributed by atoms with Crippen molar-refractivity contribution in [1.82, 2.24) is 0 Å². The van der Waals surface area contributed by atoms with Crippen LogP contribution in [-0.2, 0) is 6.42 Å². The summed E-state index contributed by atoms with van der Waals surface area (Å²) < 4.78 is 0. The van der Waals surface area contributed by atoms with E-state index in [1.807, 2.05) is 0 Å². The maximum atomic E-state index is 2.26. The molecule has 0 nitrogen and oxygen atoms in total. The molecule has 0 amide bonds. The van der Waals surface area contributed by atoms with Gasteiger partial charge in [0, 0.05) is 0 Å². The molecule has 0 atom stereocenters. The van der Waals surface area contributed by atoms with E-state index in [2.05, 4.69) is 69.3 Å². The third-order valence-corrected chi connectivity index (χ3v) is 3.27. The van der Waals surface area contributed by atoms with Crippen LogP contribution in [-0.4, -0.2) is 0 Å². The predicted molar refractivity (Wildman–Crippen MR) is 75.3 cm³/mol. The van der Waals surface area contributed by atoms with Gasteiger partial charge in [-0.3, -0.25) is 0 Å². The molecule has 88 valence electrons. The quantitative estimate of drug-likeness (QED) is 0.685. The van der Waals surface area contributed by atoms with E-state index in [1.165, 1.54) is 22.3 Å². The molecule has 0 bridgehead atoms. The van der Waals surface area contributed by atoms with Crippen molar-refractivity contribution >= 4 is 0 Å². The average Bonchev–Trinajstić information content (AvgIpc) is 2.38. The van der Waals surface area contributed by atoms with Gasteiger partial charge in [-0.1, -0.05) is 69.3 Å². The van der Waals surface area contributed by atoms with E-state index < -0.39 is 0 Å². The van der Waals surface area contributed by atoms with Gasteiger partial charge < -0.3 is 0 Å². The van der Waals surface area contributed by atoms with E-state index >= 15 is 0 Å². The molecule has 0 unspecified atom stereocenters. The summed E-state index contributed by atoms with van der Waals surface area (Å²) in [6.45, 7) is 6.73. The first-order chi connectivity index (χ1) is 8.24. The molecular weight excluding hydrogens is 204 g/mol. The van der Waals surface area contributed by atoms with Crippen LogP contribution < -0.4 is 0 Å². The molecule has 0 N–H and O–H groups in total. The third kappa shape index (κ3) is 2.41. The molecule has 0 spiro atoms. The summed E-state index contributed by atoms with van der Waals surface area (Å²) in [4.78, 5) is 0. The molecule has 2 rings (SSSR count).